The Morgan fingerprint density at radius 1 is 1.24 bits per heavy atom. The van der Waals surface area contributed by atoms with Crippen molar-refractivity contribution in [1.29, 1.82) is 0 Å². The van der Waals surface area contributed by atoms with Crippen molar-refractivity contribution >= 4 is 15.9 Å². The summed E-state index contributed by atoms with van der Waals surface area (Å²) in [6, 6.07) is 6.14. The molecule has 96 valence electrons. The molecule has 1 aromatic carbocycles. The van der Waals surface area contributed by atoms with Crippen LogP contribution >= 0.6 is 15.9 Å². The van der Waals surface area contributed by atoms with Crippen LogP contribution in [-0.4, -0.2) is 12.6 Å². The molecule has 1 rings (SSSR count). The number of benzene rings is 1. The maximum atomic E-state index is 5.69. The number of hydrogen-bond donors (Lipinski definition) is 1. The van der Waals surface area contributed by atoms with Crippen LogP contribution in [0, 0.1) is 5.92 Å². The van der Waals surface area contributed by atoms with E-state index in [-0.39, 0.29) is 6.10 Å². The van der Waals surface area contributed by atoms with Gasteiger partial charge in [-0.1, -0.05) is 29.8 Å². The van der Waals surface area contributed by atoms with Gasteiger partial charge in [-0.25, -0.2) is 0 Å². The topological polar surface area (TPSA) is 21.3 Å². The van der Waals surface area contributed by atoms with Crippen LogP contribution in [-0.2, 0) is 6.54 Å². The fourth-order valence-electron chi connectivity index (χ4n) is 1.53. The minimum atomic E-state index is 0.215. The molecular weight excluding hydrogens is 278 g/mol. The molecule has 0 bridgehead atoms. The van der Waals surface area contributed by atoms with Gasteiger partial charge in [0.05, 0.1) is 6.10 Å². The average molecular weight is 300 g/mol. The van der Waals surface area contributed by atoms with Crippen LogP contribution in [0.4, 0.5) is 0 Å². The molecule has 17 heavy (non-hydrogen) atoms. The molecule has 0 atom stereocenters. The highest BCUT2D eigenvalue weighted by atomic mass is 79.9. The SMILES string of the molecule is CC(C)CNCc1cc(OC(C)C)ccc1Br. The van der Waals surface area contributed by atoms with Crippen LogP contribution < -0.4 is 10.1 Å². The molecule has 0 fully saturated rings. The van der Waals surface area contributed by atoms with Gasteiger partial charge < -0.3 is 10.1 Å². The molecule has 0 saturated heterocycles. The van der Waals surface area contributed by atoms with Crippen molar-refractivity contribution in [2.75, 3.05) is 6.54 Å². The summed E-state index contributed by atoms with van der Waals surface area (Å²) in [6.45, 7) is 10.4. The summed E-state index contributed by atoms with van der Waals surface area (Å²) in [4.78, 5) is 0. The molecule has 1 aromatic rings. The summed E-state index contributed by atoms with van der Waals surface area (Å²) in [5.74, 6) is 1.61. The zero-order valence-corrected chi connectivity index (χ0v) is 12.7. The summed E-state index contributed by atoms with van der Waals surface area (Å²) in [5, 5.41) is 3.44. The molecule has 0 spiro atoms. The lowest BCUT2D eigenvalue weighted by Crippen LogP contribution is -2.19. The third kappa shape index (κ3) is 5.55. The fourth-order valence-corrected chi connectivity index (χ4v) is 1.91. The van der Waals surface area contributed by atoms with Crippen LogP contribution in [0.2, 0.25) is 0 Å². The molecule has 0 radical (unpaired) electrons. The van der Waals surface area contributed by atoms with Crippen LogP contribution in [0.1, 0.15) is 33.3 Å². The Labute approximate surface area is 113 Å². The molecule has 0 aliphatic heterocycles. The Bertz CT molecular complexity index is 350. The molecule has 0 saturated carbocycles. The molecule has 0 amide bonds. The first kappa shape index (κ1) is 14.5. The Hall–Kier alpha value is -0.540. The third-order valence-corrected chi connectivity index (χ3v) is 3.03. The molecule has 0 unspecified atom stereocenters. The lowest BCUT2D eigenvalue weighted by atomic mass is 10.2. The smallest absolute Gasteiger partial charge is 0.120 e. The van der Waals surface area contributed by atoms with Gasteiger partial charge >= 0.3 is 0 Å². The Morgan fingerprint density at radius 3 is 2.53 bits per heavy atom. The zero-order chi connectivity index (χ0) is 12.8. The van der Waals surface area contributed by atoms with Crippen LogP contribution in [0.5, 0.6) is 5.75 Å². The normalized spacial score (nSPS) is 11.2. The van der Waals surface area contributed by atoms with Crippen molar-refractivity contribution in [1.82, 2.24) is 5.32 Å². The predicted octanol–water partition coefficient (Wildman–Crippen LogP) is 3.98. The van der Waals surface area contributed by atoms with E-state index in [0.717, 1.165) is 23.3 Å². The number of hydrogen-bond acceptors (Lipinski definition) is 2. The zero-order valence-electron chi connectivity index (χ0n) is 11.1. The van der Waals surface area contributed by atoms with E-state index in [2.05, 4.69) is 41.2 Å². The van der Waals surface area contributed by atoms with Crippen LogP contribution in [0.15, 0.2) is 22.7 Å². The van der Waals surface area contributed by atoms with Crippen LogP contribution in [0.25, 0.3) is 0 Å². The Morgan fingerprint density at radius 2 is 1.94 bits per heavy atom. The minimum Gasteiger partial charge on any atom is -0.491 e. The largest absolute Gasteiger partial charge is 0.491 e. The van der Waals surface area contributed by atoms with E-state index in [1.165, 1.54) is 5.56 Å². The third-order valence-electron chi connectivity index (χ3n) is 2.26. The quantitative estimate of drug-likeness (QED) is 0.858. The second-order valence-electron chi connectivity index (χ2n) is 4.94. The fraction of sp³-hybridized carbons (Fsp3) is 0.571. The molecule has 0 heterocycles. The van der Waals surface area contributed by atoms with Crippen molar-refractivity contribution in [3.63, 3.8) is 0 Å². The monoisotopic (exact) mass is 299 g/mol. The maximum absolute atomic E-state index is 5.69. The minimum absolute atomic E-state index is 0.215. The Kier molecular flexibility index (Phi) is 6.00. The molecule has 3 heteroatoms. The lowest BCUT2D eigenvalue weighted by molar-refractivity contribution is 0.242. The first-order chi connectivity index (χ1) is 7.99. The van der Waals surface area contributed by atoms with Gasteiger partial charge in [-0.3, -0.25) is 0 Å². The first-order valence-electron chi connectivity index (χ1n) is 6.15. The van der Waals surface area contributed by atoms with Gasteiger partial charge in [0.2, 0.25) is 0 Å². The average Bonchev–Trinajstić information content (AvgIpc) is 2.21. The summed E-state index contributed by atoms with van der Waals surface area (Å²) in [7, 11) is 0. The standard InChI is InChI=1S/C14H22BrNO/c1-10(2)8-16-9-12-7-13(17-11(3)4)5-6-14(12)15/h5-7,10-11,16H,8-9H2,1-4H3. The lowest BCUT2D eigenvalue weighted by Gasteiger charge is -2.13. The van der Waals surface area contributed by atoms with E-state index in [1.807, 2.05) is 26.0 Å². The van der Waals surface area contributed by atoms with Crippen molar-refractivity contribution in [3.8, 4) is 5.75 Å². The van der Waals surface area contributed by atoms with Gasteiger partial charge in [0.15, 0.2) is 0 Å². The van der Waals surface area contributed by atoms with E-state index < -0.39 is 0 Å². The van der Waals surface area contributed by atoms with E-state index in [1.54, 1.807) is 0 Å². The molecule has 0 aliphatic carbocycles. The highest BCUT2D eigenvalue weighted by Crippen LogP contribution is 2.23. The number of rotatable bonds is 6. The summed E-state index contributed by atoms with van der Waals surface area (Å²) in [5.41, 5.74) is 1.24. The van der Waals surface area contributed by atoms with Gasteiger partial charge in [-0.05, 0) is 50.1 Å². The van der Waals surface area contributed by atoms with Crippen molar-refractivity contribution in [2.24, 2.45) is 5.92 Å². The van der Waals surface area contributed by atoms with Gasteiger partial charge in [-0.15, -0.1) is 0 Å². The maximum Gasteiger partial charge on any atom is 0.120 e. The summed E-state index contributed by atoms with van der Waals surface area (Å²) < 4.78 is 6.82. The molecule has 0 aliphatic rings. The van der Waals surface area contributed by atoms with Gasteiger partial charge in [0.25, 0.3) is 0 Å². The van der Waals surface area contributed by atoms with Gasteiger partial charge in [0, 0.05) is 11.0 Å². The predicted molar refractivity (Wildman–Crippen MR) is 76.5 cm³/mol. The Balaban J connectivity index is 2.63. The van der Waals surface area contributed by atoms with Crippen LogP contribution in [0.3, 0.4) is 0 Å². The van der Waals surface area contributed by atoms with E-state index in [4.69, 9.17) is 4.74 Å². The van der Waals surface area contributed by atoms with Crippen molar-refractivity contribution in [2.45, 2.75) is 40.3 Å². The highest BCUT2D eigenvalue weighted by molar-refractivity contribution is 9.10. The second-order valence-corrected chi connectivity index (χ2v) is 5.80. The summed E-state index contributed by atoms with van der Waals surface area (Å²) >= 11 is 3.57. The van der Waals surface area contributed by atoms with Gasteiger partial charge in [0.1, 0.15) is 5.75 Å². The molecular formula is C14H22BrNO. The van der Waals surface area contributed by atoms with Gasteiger partial charge in [-0.2, -0.15) is 0 Å². The molecule has 1 N–H and O–H groups in total. The van der Waals surface area contributed by atoms with Crippen molar-refractivity contribution in [3.05, 3.63) is 28.2 Å². The van der Waals surface area contributed by atoms with E-state index >= 15 is 0 Å². The second kappa shape index (κ2) is 7.02. The molecule has 2 nitrogen and oxygen atoms in total. The number of ether oxygens (including phenoxy) is 1. The van der Waals surface area contributed by atoms with E-state index in [0.29, 0.717) is 5.92 Å². The first-order valence-corrected chi connectivity index (χ1v) is 6.94. The van der Waals surface area contributed by atoms with E-state index in [9.17, 15) is 0 Å². The molecule has 0 aromatic heterocycles. The number of halogens is 1. The summed E-state index contributed by atoms with van der Waals surface area (Å²) in [6.07, 6.45) is 0.215. The highest BCUT2D eigenvalue weighted by Gasteiger charge is 2.04. The van der Waals surface area contributed by atoms with Crippen molar-refractivity contribution < 1.29 is 4.74 Å². The number of nitrogens with one attached hydrogen (secondary N) is 1.